The van der Waals surface area contributed by atoms with E-state index in [-0.39, 0.29) is 12.2 Å². The zero-order chi connectivity index (χ0) is 15.3. The Bertz CT molecular complexity index is 481. The number of aliphatic carboxylic acids is 1. The summed E-state index contributed by atoms with van der Waals surface area (Å²) in [5, 5.41) is 20.8. The standard InChI is InChI=1S/C14H19NO5/c1-14(2,20-3)13(19)15-11(12(17)18)8-9-4-6-10(16)7-5-9/h4-7,11,16H,8H2,1-3H3,(H,15,19)(H,17,18). The number of methoxy groups -OCH3 is 1. The van der Waals surface area contributed by atoms with E-state index in [1.807, 2.05) is 0 Å². The second-order valence-electron chi connectivity index (χ2n) is 4.95. The van der Waals surface area contributed by atoms with Crippen molar-refractivity contribution in [3.63, 3.8) is 0 Å². The molecule has 0 bridgehead atoms. The van der Waals surface area contributed by atoms with E-state index in [0.717, 1.165) is 0 Å². The average molecular weight is 281 g/mol. The Morgan fingerprint density at radius 1 is 1.30 bits per heavy atom. The lowest BCUT2D eigenvalue weighted by atomic mass is 10.0. The molecular weight excluding hydrogens is 262 g/mol. The number of rotatable bonds is 6. The highest BCUT2D eigenvalue weighted by molar-refractivity contribution is 5.88. The normalized spacial score (nSPS) is 12.8. The van der Waals surface area contributed by atoms with Crippen molar-refractivity contribution in [3.05, 3.63) is 29.8 Å². The maximum absolute atomic E-state index is 11.9. The van der Waals surface area contributed by atoms with Crippen molar-refractivity contribution < 1.29 is 24.5 Å². The summed E-state index contributed by atoms with van der Waals surface area (Å²) < 4.78 is 5.01. The van der Waals surface area contributed by atoms with Gasteiger partial charge in [0.15, 0.2) is 0 Å². The first kappa shape index (κ1) is 16.0. The van der Waals surface area contributed by atoms with Crippen LogP contribution in [0.2, 0.25) is 0 Å². The highest BCUT2D eigenvalue weighted by Crippen LogP contribution is 2.13. The van der Waals surface area contributed by atoms with Crippen LogP contribution in [0.4, 0.5) is 0 Å². The number of carboxylic acids is 1. The van der Waals surface area contributed by atoms with Gasteiger partial charge in [0, 0.05) is 13.5 Å². The number of hydrogen-bond donors (Lipinski definition) is 3. The number of aromatic hydroxyl groups is 1. The van der Waals surface area contributed by atoms with Gasteiger partial charge >= 0.3 is 5.97 Å². The molecule has 0 aliphatic carbocycles. The van der Waals surface area contributed by atoms with Crippen molar-refractivity contribution in [1.82, 2.24) is 5.32 Å². The molecular formula is C14H19NO5. The number of nitrogens with one attached hydrogen (secondary N) is 1. The van der Waals surface area contributed by atoms with Crippen molar-refractivity contribution in [1.29, 1.82) is 0 Å². The fraction of sp³-hybridized carbons (Fsp3) is 0.429. The molecule has 20 heavy (non-hydrogen) atoms. The van der Waals surface area contributed by atoms with E-state index in [1.165, 1.54) is 19.2 Å². The van der Waals surface area contributed by atoms with Crippen LogP contribution in [0.3, 0.4) is 0 Å². The van der Waals surface area contributed by atoms with E-state index in [1.54, 1.807) is 26.0 Å². The lowest BCUT2D eigenvalue weighted by Crippen LogP contribution is -2.51. The summed E-state index contributed by atoms with van der Waals surface area (Å²) >= 11 is 0. The number of benzene rings is 1. The molecule has 0 heterocycles. The molecule has 0 aliphatic heterocycles. The van der Waals surface area contributed by atoms with Crippen molar-refractivity contribution in [2.24, 2.45) is 0 Å². The Morgan fingerprint density at radius 3 is 2.30 bits per heavy atom. The summed E-state index contributed by atoms with van der Waals surface area (Å²) in [5.74, 6) is -1.52. The van der Waals surface area contributed by atoms with Gasteiger partial charge in [-0.05, 0) is 31.5 Å². The van der Waals surface area contributed by atoms with Crippen LogP contribution < -0.4 is 5.32 Å². The fourth-order valence-electron chi connectivity index (χ4n) is 1.49. The van der Waals surface area contributed by atoms with Gasteiger partial charge in [-0.15, -0.1) is 0 Å². The predicted molar refractivity (Wildman–Crippen MR) is 72.5 cm³/mol. The average Bonchev–Trinajstić information content (AvgIpc) is 2.40. The molecule has 0 fully saturated rings. The number of hydrogen-bond acceptors (Lipinski definition) is 4. The van der Waals surface area contributed by atoms with E-state index in [4.69, 9.17) is 4.74 Å². The van der Waals surface area contributed by atoms with Gasteiger partial charge in [0.1, 0.15) is 17.4 Å². The number of phenols is 1. The Morgan fingerprint density at radius 2 is 1.85 bits per heavy atom. The second-order valence-corrected chi connectivity index (χ2v) is 4.95. The number of phenolic OH excluding ortho intramolecular Hbond substituents is 1. The lowest BCUT2D eigenvalue weighted by Gasteiger charge is -2.24. The monoisotopic (exact) mass is 281 g/mol. The third kappa shape index (κ3) is 4.24. The fourth-order valence-corrected chi connectivity index (χ4v) is 1.49. The molecule has 0 saturated heterocycles. The van der Waals surface area contributed by atoms with Crippen LogP contribution in [-0.2, 0) is 20.7 Å². The van der Waals surface area contributed by atoms with Crippen LogP contribution >= 0.6 is 0 Å². The molecule has 0 spiro atoms. The van der Waals surface area contributed by atoms with Gasteiger partial charge in [-0.1, -0.05) is 12.1 Å². The van der Waals surface area contributed by atoms with Gasteiger partial charge in [-0.3, -0.25) is 4.79 Å². The van der Waals surface area contributed by atoms with Crippen molar-refractivity contribution in [3.8, 4) is 5.75 Å². The molecule has 3 N–H and O–H groups in total. The summed E-state index contributed by atoms with van der Waals surface area (Å²) in [5.41, 5.74) is -0.395. The van der Waals surface area contributed by atoms with Crippen LogP contribution in [0.15, 0.2) is 24.3 Å². The van der Waals surface area contributed by atoms with Crippen LogP contribution in [-0.4, -0.2) is 40.8 Å². The number of carboxylic acid groups (broad SMARTS) is 1. The van der Waals surface area contributed by atoms with Crippen molar-refractivity contribution in [2.45, 2.75) is 31.9 Å². The minimum Gasteiger partial charge on any atom is -0.508 e. The van der Waals surface area contributed by atoms with Gasteiger partial charge < -0.3 is 20.3 Å². The molecule has 0 saturated carbocycles. The molecule has 110 valence electrons. The van der Waals surface area contributed by atoms with E-state index in [2.05, 4.69) is 5.32 Å². The van der Waals surface area contributed by atoms with E-state index >= 15 is 0 Å². The first-order chi connectivity index (χ1) is 9.26. The Hall–Kier alpha value is -2.08. The van der Waals surface area contributed by atoms with Crippen LogP contribution in [0.1, 0.15) is 19.4 Å². The molecule has 1 atom stereocenters. The number of carbonyl (C=O) groups excluding carboxylic acids is 1. The molecule has 1 unspecified atom stereocenters. The largest absolute Gasteiger partial charge is 0.508 e. The van der Waals surface area contributed by atoms with Gasteiger partial charge in [-0.2, -0.15) is 0 Å². The van der Waals surface area contributed by atoms with Gasteiger partial charge in [0.05, 0.1) is 0 Å². The SMILES string of the molecule is COC(C)(C)C(=O)NC(Cc1ccc(O)cc1)C(=O)O. The number of carbonyl (C=O) groups is 2. The molecule has 0 radical (unpaired) electrons. The molecule has 1 amide bonds. The first-order valence-corrected chi connectivity index (χ1v) is 6.13. The molecule has 1 aromatic rings. The van der Waals surface area contributed by atoms with Gasteiger partial charge in [-0.25, -0.2) is 4.79 Å². The minimum absolute atomic E-state index is 0.102. The summed E-state index contributed by atoms with van der Waals surface area (Å²) in [6.07, 6.45) is 0.126. The Balaban J connectivity index is 2.78. The summed E-state index contributed by atoms with van der Waals surface area (Å²) in [6, 6.07) is 5.10. The summed E-state index contributed by atoms with van der Waals surface area (Å²) in [4.78, 5) is 23.1. The molecule has 0 aliphatic rings. The molecule has 1 aromatic carbocycles. The summed E-state index contributed by atoms with van der Waals surface area (Å²) in [7, 11) is 1.38. The van der Waals surface area contributed by atoms with E-state index in [0.29, 0.717) is 5.56 Å². The van der Waals surface area contributed by atoms with E-state index < -0.39 is 23.5 Å². The zero-order valence-electron chi connectivity index (χ0n) is 11.7. The highest BCUT2D eigenvalue weighted by atomic mass is 16.5. The molecule has 0 aromatic heterocycles. The minimum atomic E-state index is -1.13. The molecule has 1 rings (SSSR count). The van der Waals surface area contributed by atoms with E-state index in [9.17, 15) is 19.8 Å². The Kier molecular flexibility index (Phi) is 5.10. The molecule has 6 nitrogen and oxygen atoms in total. The van der Waals surface area contributed by atoms with Crippen molar-refractivity contribution >= 4 is 11.9 Å². The number of amides is 1. The third-order valence-corrected chi connectivity index (χ3v) is 3.04. The predicted octanol–water partition coefficient (Wildman–Crippen LogP) is 0.929. The quantitative estimate of drug-likeness (QED) is 0.721. The maximum atomic E-state index is 11.9. The maximum Gasteiger partial charge on any atom is 0.326 e. The topological polar surface area (TPSA) is 95.9 Å². The summed E-state index contributed by atoms with van der Waals surface area (Å²) in [6.45, 7) is 3.11. The lowest BCUT2D eigenvalue weighted by molar-refractivity contribution is -0.147. The smallest absolute Gasteiger partial charge is 0.326 e. The highest BCUT2D eigenvalue weighted by Gasteiger charge is 2.31. The van der Waals surface area contributed by atoms with Crippen LogP contribution in [0.5, 0.6) is 5.75 Å². The Labute approximate surface area is 117 Å². The van der Waals surface area contributed by atoms with Crippen LogP contribution in [0, 0.1) is 0 Å². The van der Waals surface area contributed by atoms with Crippen LogP contribution in [0.25, 0.3) is 0 Å². The molecule has 6 heteroatoms. The first-order valence-electron chi connectivity index (χ1n) is 6.13. The second kappa shape index (κ2) is 6.38. The van der Waals surface area contributed by atoms with Gasteiger partial charge in [0.2, 0.25) is 0 Å². The number of ether oxygens (including phenoxy) is 1. The zero-order valence-corrected chi connectivity index (χ0v) is 11.7. The van der Waals surface area contributed by atoms with Gasteiger partial charge in [0.25, 0.3) is 5.91 Å². The third-order valence-electron chi connectivity index (χ3n) is 3.04. The van der Waals surface area contributed by atoms with Crippen molar-refractivity contribution in [2.75, 3.05) is 7.11 Å².